The summed E-state index contributed by atoms with van der Waals surface area (Å²) in [6, 6.07) is 38.5. The number of hydrogen-bond acceptors (Lipinski definition) is 2. The Morgan fingerprint density at radius 2 is 1.11 bits per heavy atom. The molecule has 1 aliphatic heterocycles. The molecule has 0 aromatic heterocycles. The predicted molar refractivity (Wildman–Crippen MR) is 150 cm³/mol. The van der Waals surface area contributed by atoms with E-state index in [2.05, 4.69) is 132 Å². The van der Waals surface area contributed by atoms with E-state index in [1.807, 2.05) is 30.4 Å². The van der Waals surface area contributed by atoms with Crippen molar-refractivity contribution in [2.75, 3.05) is 16.3 Å². The number of benzene rings is 4. The maximum absolute atomic E-state index is 4.06. The molecular weight excluding hydrogens is 424 g/mol. The third-order valence-corrected chi connectivity index (χ3v) is 6.01. The fraction of sp³-hybridized carbons (Fsp3) is 0.0303. The Balaban J connectivity index is 1.40. The topological polar surface area (TPSA) is 6.48 Å². The molecule has 1 aliphatic rings. The zero-order valence-electron chi connectivity index (χ0n) is 19.7. The predicted octanol–water partition coefficient (Wildman–Crippen LogP) is 8.83. The normalized spacial score (nSPS) is 16.0. The minimum absolute atomic E-state index is 0.816. The average molecular weight is 453 g/mol. The number of anilines is 4. The van der Waals surface area contributed by atoms with E-state index in [1.165, 1.54) is 11.1 Å². The number of hydrogen-bond donors (Lipinski definition) is 0. The molecule has 0 fully saturated rings. The standard InChI is InChI=1S/C33H28N2/c1-27-11-5-4-10-25-34(26-24-27)30-20-16-28(17-21-30)29-18-22-33(23-19-29)35(31-12-6-2-7-13-31)32-14-8-3-9-15-32/h2-24,26H,1,25H2/b10-4-,11-5-,26-24-. The summed E-state index contributed by atoms with van der Waals surface area (Å²) >= 11 is 0. The molecule has 5 rings (SSSR count). The molecule has 2 nitrogen and oxygen atoms in total. The van der Waals surface area contributed by atoms with Gasteiger partial charge in [-0.2, -0.15) is 0 Å². The van der Waals surface area contributed by atoms with E-state index in [-0.39, 0.29) is 0 Å². The zero-order chi connectivity index (χ0) is 23.9. The van der Waals surface area contributed by atoms with Crippen LogP contribution in [0.15, 0.2) is 158 Å². The van der Waals surface area contributed by atoms with Crippen LogP contribution in [0.4, 0.5) is 22.7 Å². The Morgan fingerprint density at radius 1 is 0.571 bits per heavy atom. The molecule has 4 aromatic rings. The van der Waals surface area contributed by atoms with Gasteiger partial charge in [0.2, 0.25) is 0 Å². The van der Waals surface area contributed by atoms with Crippen molar-refractivity contribution in [2.45, 2.75) is 0 Å². The quantitative estimate of drug-likeness (QED) is 0.298. The van der Waals surface area contributed by atoms with Crippen LogP contribution in [0.25, 0.3) is 11.1 Å². The molecule has 0 radical (unpaired) electrons. The van der Waals surface area contributed by atoms with E-state index in [1.54, 1.807) is 0 Å². The van der Waals surface area contributed by atoms with E-state index in [4.69, 9.17) is 0 Å². The van der Waals surface area contributed by atoms with E-state index < -0.39 is 0 Å². The summed E-state index contributed by atoms with van der Waals surface area (Å²) < 4.78 is 0. The average Bonchev–Trinajstić information content (AvgIpc) is 3.03. The summed E-state index contributed by atoms with van der Waals surface area (Å²) in [5, 5.41) is 0. The van der Waals surface area contributed by atoms with Gasteiger partial charge in [0.25, 0.3) is 0 Å². The Kier molecular flexibility index (Phi) is 6.72. The molecule has 0 spiro atoms. The summed E-state index contributed by atoms with van der Waals surface area (Å²) in [7, 11) is 0. The van der Waals surface area contributed by atoms with E-state index >= 15 is 0 Å². The van der Waals surface area contributed by atoms with E-state index in [0.29, 0.717) is 0 Å². The van der Waals surface area contributed by atoms with Crippen molar-refractivity contribution < 1.29 is 0 Å². The van der Waals surface area contributed by atoms with Crippen molar-refractivity contribution in [3.8, 4) is 11.1 Å². The first kappa shape index (κ1) is 22.2. The van der Waals surface area contributed by atoms with Crippen LogP contribution in [0.1, 0.15) is 0 Å². The van der Waals surface area contributed by atoms with Gasteiger partial charge >= 0.3 is 0 Å². The van der Waals surface area contributed by atoms with Crippen LogP contribution in [0.3, 0.4) is 0 Å². The third kappa shape index (κ3) is 5.34. The maximum atomic E-state index is 4.06. The van der Waals surface area contributed by atoms with Crippen LogP contribution >= 0.6 is 0 Å². The largest absolute Gasteiger partial charge is 0.344 e. The Bertz CT molecular complexity index is 1310. The first-order valence-electron chi connectivity index (χ1n) is 11.9. The molecule has 0 saturated heterocycles. The van der Waals surface area contributed by atoms with E-state index in [9.17, 15) is 0 Å². The van der Waals surface area contributed by atoms with Crippen molar-refractivity contribution >= 4 is 22.7 Å². The molecule has 0 atom stereocenters. The molecular formula is C33H28N2. The number of nitrogens with zero attached hydrogens (tertiary/aromatic N) is 2. The van der Waals surface area contributed by atoms with Gasteiger partial charge in [-0.25, -0.2) is 0 Å². The van der Waals surface area contributed by atoms with Crippen LogP contribution in [0, 0.1) is 0 Å². The van der Waals surface area contributed by atoms with Crippen molar-refractivity contribution in [1.29, 1.82) is 0 Å². The lowest BCUT2D eigenvalue weighted by Gasteiger charge is -2.25. The number of para-hydroxylation sites is 2. The van der Waals surface area contributed by atoms with Gasteiger partial charge in [-0.3, -0.25) is 0 Å². The van der Waals surface area contributed by atoms with Gasteiger partial charge in [0.15, 0.2) is 0 Å². The van der Waals surface area contributed by atoms with Crippen LogP contribution in [-0.2, 0) is 0 Å². The van der Waals surface area contributed by atoms with Gasteiger partial charge in [-0.15, -0.1) is 0 Å². The van der Waals surface area contributed by atoms with Crippen LogP contribution in [-0.4, -0.2) is 6.54 Å². The number of allylic oxidation sites excluding steroid dienone is 5. The van der Waals surface area contributed by atoms with E-state index in [0.717, 1.165) is 34.9 Å². The molecule has 1 heterocycles. The summed E-state index contributed by atoms with van der Waals surface area (Å²) in [4.78, 5) is 4.50. The molecule has 170 valence electrons. The summed E-state index contributed by atoms with van der Waals surface area (Å²) in [5.74, 6) is 0. The molecule has 0 saturated carbocycles. The van der Waals surface area contributed by atoms with Crippen LogP contribution in [0.2, 0.25) is 0 Å². The van der Waals surface area contributed by atoms with Crippen LogP contribution in [0.5, 0.6) is 0 Å². The monoisotopic (exact) mass is 452 g/mol. The molecule has 0 amide bonds. The molecule has 0 unspecified atom stereocenters. The van der Waals surface area contributed by atoms with Crippen molar-refractivity contribution in [3.63, 3.8) is 0 Å². The molecule has 2 heteroatoms. The minimum atomic E-state index is 0.816. The fourth-order valence-electron chi connectivity index (χ4n) is 4.18. The second kappa shape index (κ2) is 10.6. The lowest BCUT2D eigenvalue weighted by molar-refractivity contribution is 1.09. The maximum Gasteiger partial charge on any atom is 0.0462 e. The summed E-state index contributed by atoms with van der Waals surface area (Å²) in [6.45, 7) is 4.88. The van der Waals surface area contributed by atoms with Crippen LogP contribution < -0.4 is 9.80 Å². The number of rotatable bonds is 5. The Morgan fingerprint density at radius 3 is 1.71 bits per heavy atom. The van der Waals surface area contributed by atoms with Gasteiger partial charge in [-0.05, 0) is 71.3 Å². The molecule has 4 aromatic carbocycles. The second-order valence-corrected chi connectivity index (χ2v) is 8.43. The molecule has 0 bridgehead atoms. The highest BCUT2D eigenvalue weighted by Gasteiger charge is 2.12. The second-order valence-electron chi connectivity index (χ2n) is 8.43. The van der Waals surface area contributed by atoms with Gasteiger partial charge in [0.05, 0.1) is 0 Å². The Labute approximate surface area is 208 Å². The van der Waals surface area contributed by atoms with Crippen molar-refractivity contribution in [1.82, 2.24) is 0 Å². The smallest absolute Gasteiger partial charge is 0.0462 e. The minimum Gasteiger partial charge on any atom is -0.344 e. The van der Waals surface area contributed by atoms with Gasteiger partial charge in [0, 0.05) is 35.5 Å². The van der Waals surface area contributed by atoms with Crippen molar-refractivity contribution in [2.24, 2.45) is 0 Å². The van der Waals surface area contributed by atoms with Gasteiger partial charge < -0.3 is 9.80 Å². The lowest BCUT2D eigenvalue weighted by atomic mass is 10.0. The first-order valence-corrected chi connectivity index (χ1v) is 11.9. The highest BCUT2D eigenvalue weighted by Crippen LogP contribution is 2.35. The zero-order valence-corrected chi connectivity index (χ0v) is 19.7. The Hall–Kier alpha value is -4.56. The molecule has 35 heavy (non-hydrogen) atoms. The summed E-state index contributed by atoms with van der Waals surface area (Å²) in [5.41, 5.74) is 7.93. The van der Waals surface area contributed by atoms with Gasteiger partial charge in [-0.1, -0.05) is 91.5 Å². The fourth-order valence-corrected chi connectivity index (χ4v) is 4.18. The highest BCUT2D eigenvalue weighted by atomic mass is 15.1. The highest BCUT2D eigenvalue weighted by molar-refractivity contribution is 5.78. The molecule has 0 aliphatic carbocycles. The van der Waals surface area contributed by atoms with Gasteiger partial charge in [0.1, 0.15) is 0 Å². The third-order valence-electron chi connectivity index (χ3n) is 6.01. The lowest BCUT2D eigenvalue weighted by Crippen LogP contribution is -2.15. The first-order chi connectivity index (χ1) is 17.3. The molecule has 0 N–H and O–H groups in total. The van der Waals surface area contributed by atoms with Crippen molar-refractivity contribution in [3.05, 3.63) is 158 Å². The summed E-state index contributed by atoms with van der Waals surface area (Å²) in [6.07, 6.45) is 12.4. The SMILES string of the molecule is C=C1/C=C\C=C/CN(c2ccc(-c3ccc(N(c4ccccc4)c4ccccc4)cc3)cc2)/C=C\1.